The van der Waals surface area contributed by atoms with Gasteiger partial charge in [0, 0.05) is 12.5 Å². The van der Waals surface area contributed by atoms with E-state index in [1.54, 1.807) is 43.3 Å². The predicted octanol–water partition coefficient (Wildman–Crippen LogP) is 4.30. The lowest BCUT2D eigenvalue weighted by atomic mass is 9.51. The first-order valence-electron chi connectivity index (χ1n) is 13.2. The molecule has 8 nitrogen and oxygen atoms in total. The number of fused-ring (bicyclic) bond motifs is 4. The van der Waals surface area contributed by atoms with Crippen LogP contribution in [-0.4, -0.2) is 47.3 Å². The summed E-state index contributed by atoms with van der Waals surface area (Å²) in [6, 6.07) is 12.1. The Labute approximate surface area is 231 Å². The summed E-state index contributed by atoms with van der Waals surface area (Å²) in [6.45, 7) is 3.88. The summed E-state index contributed by atoms with van der Waals surface area (Å²) in [5.41, 5.74) is 0.761. The Morgan fingerprint density at radius 1 is 1.05 bits per heavy atom. The van der Waals surface area contributed by atoms with E-state index in [2.05, 4.69) is 0 Å². The lowest BCUT2D eigenvalue weighted by Gasteiger charge is -2.49. The highest BCUT2D eigenvalue weighted by Gasteiger charge is 2.67. The number of methoxy groups -OCH3 is 1. The zero-order valence-corrected chi connectivity index (χ0v) is 22.6. The maximum Gasteiger partial charge on any atom is 0.241 e. The highest BCUT2D eigenvalue weighted by atomic mass is 35.5. The number of phenolic OH excluding ortho intramolecular Hbond substituents is 1. The number of allylic oxidation sites excluding steroid dienone is 2. The molecule has 0 unspecified atom stereocenters. The fourth-order valence-corrected chi connectivity index (χ4v) is 7.73. The summed E-state index contributed by atoms with van der Waals surface area (Å²) in [7, 11) is 1.41. The molecule has 2 saturated heterocycles. The minimum atomic E-state index is -1.19. The largest absolute Gasteiger partial charge is 0.503 e. The van der Waals surface area contributed by atoms with Gasteiger partial charge >= 0.3 is 0 Å². The van der Waals surface area contributed by atoms with E-state index in [1.807, 2.05) is 19.1 Å². The van der Waals surface area contributed by atoms with Crippen molar-refractivity contribution in [3.05, 3.63) is 64.7 Å². The standard InChI is InChI=1S/C30H29ClN2O6/c1-4-32-26(35)18-11-10-17-19(23(18)28(32)37)14-20-27(36)33(16-8-6-5-7-9-16)29(38)30(20,2)24(17)15-12-21(31)25(34)22(13-15)39-3/h5-10,12-13,18-20,23-24,34H,4,11,14H2,1-3H3/t18-,19+,20-,23-,24-,30+/m0/s1. The number of halogens is 1. The minimum Gasteiger partial charge on any atom is -0.503 e. The van der Waals surface area contributed by atoms with Crippen molar-refractivity contribution in [1.29, 1.82) is 0 Å². The molecule has 0 aromatic heterocycles. The molecule has 2 aliphatic heterocycles. The zero-order chi connectivity index (χ0) is 27.8. The van der Waals surface area contributed by atoms with E-state index in [0.29, 0.717) is 24.2 Å². The molecular formula is C30H29ClN2O6. The first-order chi connectivity index (χ1) is 18.6. The van der Waals surface area contributed by atoms with Crippen LogP contribution in [0.25, 0.3) is 0 Å². The molecule has 4 amide bonds. The van der Waals surface area contributed by atoms with Crippen molar-refractivity contribution in [2.75, 3.05) is 18.6 Å². The molecule has 2 aliphatic carbocycles. The number of anilines is 1. The first kappa shape index (κ1) is 25.6. The minimum absolute atomic E-state index is 0.0573. The number of phenols is 1. The van der Waals surface area contributed by atoms with Gasteiger partial charge in [0.05, 0.1) is 41.0 Å². The third-order valence-corrected chi connectivity index (χ3v) is 9.59. The monoisotopic (exact) mass is 548 g/mol. The molecule has 39 heavy (non-hydrogen) atoms. The lowest BCUT2D eigenvalue weighted by Crippen LogP contribution is -2.48. The van der Waals surface area contributed by atoms with Crippen molar-refractivity contribution >= 4 is 40.9 Å². The highest BCUT2D eigenvalue weighted by Crippen LogP contribution is 2.64. The number of para-hydroxylation sites is 1. The van der Waals surface area contributed by atoms with E-state index < -0.39 is 35.0 Å². The van der Waals surface area contributed by atoms with Crippen LogP contribution >= 0.6 is 11.6 Å². The number of amides is 4. The third-order valence-electron chi connectivity index (χ3n) is 9.30. The molecular weight excluding hydrogens is 520 g/mol. The van der Waals surface area contributed by atoms with E-state index in [-0.39, 0.29) is 46.6 Å². The molecule has 6 rings (SSSR count). The number of hydrogen-bond donors (Lipinski definition) is 1. The maximum absolute atomic E-state index is 14.3. The average molecular weight is 549 g/mol. The average Bonchev–Trinajstić information content (AvgIpc) is 3.29. The second kappa shape index (κ2) is 8.95. The molecule has 1 saturated carbocycles. The molecule has 6 atom stereocenters. The first-order valence-corrected chi connectivity index (χ1v) is 13.6. The molecule has 0 bridgehead atoms. The Morgan fingerprint density at radius 2 is 1.77 bits per heavy atom. The number of benzene rings is 2. The molecule has 0 radical (unpaired) electrons. The van der Waals surface area contributed by atoms with Crippen molar-refractivity contribution in [2.24, 2.45) is 29.1 Å². The van der Waals surface area contributed by atoms with E-state index in [4.69, 9.17) is 16.3 Å². The van der Waals surface area contributed by atoms with Crippen LogP contribution in [0.15, 0.2) is 54.1 Å². The lowest BCUT2D eigenvalue weighted by molar-refractivity contribution is -0.140. The fourth-order valence-electron chi connectivity index (χ4n) is 7.51. The molecule has 2 aromatic rings. The van der Waals surface area contributed by atoms with Crippen LogP contribution in [0.4, 0.5) is 5.69 Å². The normalized spacial score (nSPS) is 31.7. The van der Waals surface area contributed by atoms with E-state index >= 15 is 0 Å². The van der Waals surface area contributed by atoms with Gasteiger partial charge in [-0.3, -0.25) is 24.1 Å². The number of likely N-dealkylation sites (tertiary alicyclic amines) is 1. The number of ether oxygens (including phenoxy) is 1. The molecule has 3 fully saturated rings. The maximum atomic E-state index is 14.3. The third kappa shape index (κ3) is 3.37. The van der Waals surface area contributed by atoms with Crippen molar-refractivity contribution in [3.8, 4) is 11.5 Å². The summed E-state index contributed by atoms with van der Waals surface area (Å²) < 4.78 is 5.38. The van der Waals surface area contributed by atoms with Gasteiger partial charge in [0.25, 0.3) is 0 Å². The van der Waals surface area contributed by atoms with E-state index in [9.17, 15) is 24.3 Å². The number of carbonyl (C=O) groups excluding carboxylic acids is 4. The van der Waals surface area contributed by atoms with Gasteiger partial charge in [0.2, 0.25) is 23.6 Å². The Hall–Kier alpha value is -3.65. The fraction of sp³-hybridized carbons (Fsp3) is 0.400. The van der Waals surface area contributed by atoms with Gasteiger partial charge in [0.1, 0.15) is 0 Å². The molecule has 2 heterocycles. The van der Waals surface area contributed by atoms with Crippen LogP contribution in [0.5, 0.6) is 11.5 Å². The number of imide groups is 2. The zero-order valence-electron chi connectivity index (χ0n) is 21.9. The number of nitrogens with zero attached hydrogens (tertiary/aromatic N) is 2. The molecule has 2 aromatic carbocycles. The second-order valence-electron chi connectivity index (χ2n) is 11.0. The number of hydrogen-bond acceptors (Lipinski definition) is 6. The van der Waals surface area contributed by atoms with Crippen molar-refractivity contribution in [3.63, 3.8) is 0 Å². The Bertz CT molecular complexity index is 1450. The van der Waals surface area contributed by atoms with Gasteiger partial charge in [0.15, 0.2) is 11.5 Å². The summed E-state index contributed by atoms with van der Waals surface area (Å²) in [6.07, 6.45) is 2.65. The quantitative estimate of drug-likeness (QED) is 0.451. The van der Waals surface area contributed by atoms with Crippen LogP contribution in [-0.2, 0) is 19.2 Å². The van der Waals surface area contributed by atoms with Gasteiger partial charge in [-0.05, 0) is 62.4 Å². The van der Waals surface area contributed by atoms with Crippen LogP contribution in [0.1, 0.15) is 38.2 Å². The molecule has 4 aliphatic rings. The van der Waals surface area contributed by atoms with Crippen molar-refractivity contribution in [1.82, 2.24) is 4.90 Å². The van der Waals surface area contributed by atoms with Gasteiger partial charge in [-0.25, -0.2) is 4.90 Å². The van der Waals surface area contributed by atoms with Crippen LogP contribution in [0, 0.1) is 29.1 Å². The van der Waals surface area contributed by atoms with Crippen LogP contribution in [0.2, 0.25) is 5.02 Å². The van der Waals surface area contributed by atoms with Gasteiger partial charge in [-0.1, -0.05) is 41.4 Å². The second-order valence-corrected chi connectivity index (χ2v) is 11.4. The number of rotatable bonds is 4. The SMILES string of the molecule is CCN1C(=O)[C@H]2[C@H](CC=C3[C@H]2C[C@H]2C(=O)N(c4ccccc4)C(=O)[C@@]2(C)[C@H]3c2cc(Cl)c(O)c(OC)c2)C1=O. The van der Waals surface area contributed by atoms with Gasteiger partial charge in [-0.2, -0.15) is 0 Å². The number of aromatic hydroxyl groups is 1. The summed E-state index contributed by atoms with van der Waals surface area (Å²) in [4.78, 5) is 57.6. The van der Waals surface area contributed by atoms with Crippen LogP contribution < -0.4 is 9.64 Å². The highest BCUT2D eigenvalue weighted by molar-refractivity contribution is 6.32. The molecule has 0 spiro atoms. The Morgan fingerprint density at radius 3 is 2.44 bits per heavy atom. The smallest absolute Gasteiger partial charge is 0.241 e. The summed E-state index contributed by atoms with van der Waals surface area (Å²) >= 11 is 6.42. The van der Waals surface area contributed by atoms with Crippen molar-refractivity contribution < 1.29 is 29.0 Å². The van der Waals surface area contributed by atoms with Gasteiger partial charge in [-0.15, -0.1) is 0 Å². The molecule has 9 heteroatoms. The van der Waals surface area contributed by atoms with E-state index in [1.165, 1.54) is 16.9 Å². The van der Waals surface area contributed by atoms with E-state index in [0.717, 1.165) is 5.57 Å². The van der Waals surface area contributed by atoms with Crippen LogP contribution in [0.3, 0.4) is 0 Å². The Balaban J connectivity index is 1.56. The molecule has 202 valence electrons. The summed E-state index contributed by atoms with van der Waals surface area (Å²) in [5.74, 6) is -3.94. The Kier molecular flexibility index (Phi) is 5.88. The molecule has 1 N–H and O–H groups in total. The van der Waals surface area contributed by atoms with Gasteiger partial charge < -0.3 is 9.84 Å². The topological polar surface area (TPSA) is 104 Å². The van der Waals surface area contributed by atoms with Crippen molar-refractivity contribution in [2.45, 2.75) is 32.6 Å². The summed E-state index contributed by atoms with van der Waals surface area (Å²) in [5, 5.41) is 10.5. The predicted molar refractivity (Wildman–Crippen MR) is 143 cm³/mol. The number of carbonyl (C=O) groups is 4.